The van der Waals surface area contributed by atoms with E-state index in [0.717, 1.165) is 30.9 Å². The standard InChI is InChI=1S/C20H21N5/c1-3-15-9-6-7-14(2)19(15)23-20-22-18(13-21-24-20)25-12-11-16-8-4-5-10-17(16)25/h4-10,13H,3,11-12H2,1-2H3,(H,22,23,24). The normalized spacial score (nSPS) is 13.0. The second-order valence-electron chi connectivity index (χ2n) is 6.26. The number of para-hydroxylation sites is 2. The molecular weight excluding hydrogens is 310 g/mol. The van der Waals surface area contributed by atoms with Gasteiger partial charge in [0.1, 0.15) is 0 Å². The SMILES string of the molecule is CCc1cccc(C)c1Nc1nncc(N2CCc3ccccc32)n1. The van der Waals surface area contributed by atoms with Crippen LogP contribution in [-0.4, -0.2) is 21.7 Å². The van der Waals surface area contributed by atoms with Crippen LogP contribution in [0.15, 0.2) is 48.7 Å². The molecule has 2 heterocycles. The highest BCUT2D eigenvalue weighted by atomic mass is 15.3. The maximum Gasteiger partial charge on any atom is 0.249 e. The van der Waals surface area contributed by atoms with E-state index in [2.05, 4.69) is 76.7 Å². The maximum atomic E-state index is 4.71. The molecule has 0 unspecified atom stereocenters. The van der Waals surface area contributed by atoms with Gasteiger partial charge in [0, 0.05) is 17.9 Å². The number of nitrogens with one attached hydrogen (secondary N) is 1. The molecule has 1 aromatic heterocycles. The number of anilines is 4. The van der Waals surface area contributed by atoms with Crippen LogP contribution in [0.1, 0.15) is 23.6 Å². The molecule has 0 bridgehead atoms. The Morgan fingerprint density at radius 2 is 2.00 bits per heavy atom. The fourth-order valence-corrected chi connectivity index (χ4v) is 3.37. The Bertz CT molecular complexity index is 906. The highest BCUT2D eigenvalue weighted by Crippen LogP contribution is 2.33. The second kappa shape index (κ2) is 6.51. The lowest BCUT2D eigenvalue weighted by molar-refractivity contribution is 0.919. The number of benzene rings is 2. The first kappa shape index (κ1) is 15.6. The average molecular weight is 331 g/mol. The first-order valence-electron chi connectivity index (χ1n) is 8.67. The first-order valence-corrected chi connectivity index (χ1v) is 8.67. The minimum atomic E-state index is 0.533. The Hall–Kier alpha value is -2.95. The summed E-state index contributed by atoms with van der Waals surface area (Å²) in [6, 6.07) is 14.7. The fourth-order valence-electron chi connectivity index (χ4n) is 3.37. The third-order valence-electron chi connectivity index (χ3n) is 4.69. The largest absolute Gasteiger partial charge is 0.324 e. The number of aryl methyl sites for hydroxylation is 2. The molecule has 0 amide bonds. The molecule has 0 spiro atoms. The van der Waals surface area contributed by atoms with Gasteiger partial charge in [0.25, 0.3) is 0 Å². The summed E-state index contributed by atoms with van der Waals surface area (Å²) in [5.41, 5.74) is 6.06. The first-order chi connectivity index (χ1) is 12.3. The summed E-state index contributed by atoms with van der Waals surface area (Å²) in [4.78, 5) is 6.91. The van der Waals surface area contributed by atoms with E-state index >= 15 is 0 Å². The summed E-state index contributed by atoms with van der Waals surface area (Å²) in [6.45, 7) is 5.16. The topological polar surface area (TPSA) is 53.9 Å². The van der Waals surface area contributed by atoms with Crippen molar-refractivity contribution in [2.24, 2.45) is 0 Å². The van der Waals surface area contributed by atoms with E-state index in [4.69, 9.17) is 4.98 Å². The van der Waals surface area contributed by atoms with Crippen molar-refractivity contribution in [3.8, 4) is 0 Å². The molecule has 0 fully saturated rings. The van der Waals surface area contributed by atoms with Gasteiger partial charge in [0.2, 0.25) is 5.95 Å². The van der Waals surface area contributed by atoms with Crippen molar-refractivity contribution in [2.45, 2.75) is 26.7 Å². The van der Waals surface area contributed by atoms with E-state index in [0.29, 0.717) is 5.95 Å². The van der Waals surface area contributed by atoms with Crippen molar-refractivity contribution in [2.75, 3.05) is 16.8 Å². The predicted molar refractivity (Wildman–Crippen MR) is 101 cm³/mol. The molecule has 4 rings (SSSR count). The van der Waals surface area contributed by atoms with Crippen molar-refractivity contribution in [3.05, 3.63) is 65.4 Å². The molecule has 1 aliphatic rings. The molecule has 1 N–H and O–H groups in total. The highest BCUT2D eigenvalue weighted by Gasteiger charge is 2.21. The predicted octanol–water partition coefficient (Wildman–Crippen LogP) is 4.18. The maximum absolute atomic E-state index is 4.71. The molecule has 25 heavy (non-hydrogen) atoms. The smallest absolute Gasteiger partial charge is 0.249 e. The van der Waals surface area contributed by atoms with E-state index in [-0.39, 0.29) is 0 Å². The molecule has 3 aromatic rings. The van der Waals surface area contributed by atoms with Gasteiger partial charge in [-0.1, -0.05) is 43.3 Å². The van der Waals surface area contributed by atoms with E-state index < -0.39 is 0 Å². The molecule has 0 radical (unpaired) electrons. The van der Waals surface area contributed by atoms with Crippen molar-refractivity contribution >= 4 is 23.1 Å². The van der Waals surface area contributed by atoms with E-state index in [1.807, 2.05) is 0 Å². The van der Waals surface area contributed by atoms with E-state index in [9.17, 15) is 0 Å². The van der Waals surface area contributed by atoms with Crippen LogP contribution in [0, 0.1) is 6.92 Å². The minimum Gasteiger partial charge on any atom is -0.324 e. The van der Waals surface area contributed by atoms with Gasteiger partial charge in [0.05, 0.1) is 6.20 Å². The molecule has 0 saturated heterocycles. The number of hydrogen-bond acceptors (Lipinski definition) is 5. The van der Waals surface area contributed by atoms with E-state index in [1.165, 1.54) is 22.4 Å². The minimum absolute atomic E-state index is 0.533. The Kier molecular flexibility index (Phi) is 4.06. The lowest BCUT2D eigenvalue weighted by Crippen LogP contribution is -2.16. The van der Waals surface area contributed by atoms with Crippen molar-refractivity contribution < 1.29 is 0 Å². The Balaban J connectivity index is 1.66. The highest BCUT2D eigenvalue weighted by molar-refractivity contribution is 5.68. The molecule has 2 aromatic carbocycles. The molecule has 5 heteroatoms. The van der Waals surface area contributed by atoms with E-state index in [1.54, 1.807) is 6.20 Å². The summed E-state index contributed by atoms with van der Waals surface area (Å²) >= 11 is 0. The third kappa shape index (κ3) is 2.93. The zero-order chi connectivity index (χ0) is 17.2. The molecule has 126 valence electrons. The van der Waals surface area contributed by atoms with Crippen LogP contribution in [0.4, 0.5) is 23.1 Å². The van der Waals surface area contributed by atoms with Gasteiger partial charge in [0.15, 0.2) is 5.82 Å². The molecule has 5 nitrogen and oxygen atoms in total. The molecule has 0 atom stereocenters. The number of aromatic nitrogens is 3. The summed E-state index contributed by atoms with van der Waals surface area (Å²) in [5.74, 6) is 1.36. The van der Waals surface area contributed by atoms with Crippen LogP contribution >= 0.6 is 0 Å². The summed E-state index contributed by atoms with van der Waals surface area (Å²) in [7, 11) is 0. The quantitative estimate of drug-likeness (QED) is 0.777. The lowest BCUT2D eigenvalue weighted by atomic mass is 10.1. The Labute approximate surface area is 147 Å². The zero-order valence-electron chi connectivity index (χ0n) is 14.5. The van der Waals surface area contributed by atoms with Crippen LogP contribution in [0.2, 0.25) is 0 Å². The summed E-state index contributed by atoms with van der Waals surface area (Å²) < 4.78 is 0. The third-order valence-corrected chi connectivity index (χ3v) is 4.69. The fraction of sp³-hybridized carbons (Fsp3) is 0.250. The van der Waals surface area contributed by atoms with Crippen LogP contribution < -0.4 is 10.2 Å². The molecule has 0 saturated carbocycles. The van der Waals surface area contributed by atoms with Crippen molar-refractivity contribution in [1.82, 2.24) is 15.2 Å². The average Bonchev–Trinajstić information content (AvgIpc) is 3.08. The Morgan fingerprint density at radius 3 is 2.88 bits per heavy atom. The van der Waals surface area contributed by atoms with Gasteiger partial charge in [-0.3, -0.25) is 0 Å². The number of fused-ring (bicyclic) bond motifs is 1. The Morgan fingerprint density at radius 1 is 1.12 bits per heavy atom. The van der Waals surface area contributed by atoms with Gasteiger partial charge in [-0.25, -0.2) is 0 Å². The summed E-state index contributed by atoms with van der Waals surface area (Å²) in [6.07, 6.45) is 3.71. The number of rotatable bonds is 4. The van der Waals surface area contributed by atoms with Crippen LogP contribution in [0.3, 0.4) is 0 Å². The van der Waals surface area contributed by atoms with Crippen LogP contribution in [0.5, 0.6) is 0 Å². The summed E-state index contributed by atoms with van der Waals surface area (Å²) in [5, 5.41) is 11.7. The molecule has 1 aliphatic heterocycles. The van der Waals surface area contributed by atoms with Crippen LogP contribution in [-0.2, 0) is 12.8 Å². The van der Waals surface area contributed by atoms with Crippen molar-refractivity contribution in [1.29, 1.82) is 0 Å². The van der Waals surface area contributed by atoms with Crippen molar-refractivity contribution in [3.63, 3.8) is 0 Å². The zero-order valence-corrected chi connectivity index (χ0v) is 14.5. The van der Waals surface area contributed by atoms with Gasteiger partial charge in [-0.15, -0.1) is 5.10 Å². The lowest BCUT2D eigenvalue weighted by Gasteiger charge is -2.18. The van der Waals surface area contributed by atoms with Gasteiger partial charge < -0.3 is 10.2 Å². The van der Waals surface area contributed by atoms with Gasteiger partial charge in [-0.2, -0.15) is 10.1 Å². The van der Waals surface area contributed by atoms with Crippen LogP contribution in [0.25, 0.3) is 0 Å². The monoisotopic (exact) mass is 331 g/mol. The van der Waals surface area contributed by atoms with Gasteiger partial charge >= 0.3 is 0 Å². The molecule has 0 aliphatic carbocycles. The van der Waals surface area contributed by atoms with Gasteiger partial charge in [-0.05, 0) is 42.5 Å². The molecular formula is C20H21N5. The number of hydrogen-bond donors (Lipinski definition) is 1. The second-order valence-corrected chi connectivity index (χ2v) is 6.26. The number of nitrogens with zero attached hydrogens (tertiary/aromatic N) is 4.